The second-order valence-electron chi connectivity index (χ2n) is 4.27. The normalized spacial score (nSPS) is 17.4. The predicted octanol–water partition coefficient (Wildman–Crippen LogP) is 1.57. The first-order valence-corrected chi connectivity index (χ1v) is 6.03. The van der Waals surface area contributed by atoms with Crippen LogP contribution in [-0.2, 0) is 0 Å². The van der Waals surface area contributed by atoms with Gasteiger partial charge < -0.3 is 10.2 Å². The van der Waals surface area contributed by atoms with Crippen molar-refractivity contribution in [1.29, 1.82) is 0 Å². The Balaban J connectivity index is 1.94. The fourth-order valence-corrected chi connectivity index (χ4v) is 2.20. The van der Waals surface area contributed by atoms with Gasteiger partial charge in [0.1, 0.15) is 11.0 Å². The summed E-state index contributed by atoms with van der Waals surface area (Å²) in [7, 11) is 2.04. The highest BCUT2D eigenvalue weighted by Gasteiger charge is 2.15. The maximum absolute atomic E-state index is 5.82. The molecule has 4 nitrogen and oxygen atoms in total. The second kappa shape index (κ2) is 5.46. The predicted molar refractivity (Wildman–Crippen MR) is 65.9 cm³/mol. The zero-order valence-electron chi connectivity index (χ0n) is 9.49. The maximum atomic E-state index is 5.82. The van der Waals surface area contributed by atoms with Gasteiger partial charge in [0.2, 0.25) is 0 Å². The number of rotatable bonds is 3. The lowest BCUT2D eigenvalue weighted by Gasteiger charge is -2.27. The van der Waals surface area contributed by atoms with E-state index in [4.69, 9.17) is 11.6 Å². The van der Waals surface area contributed by atoms with Crippen molar-refractivity contribution in [2.75, 3.05) is 31.6 Å². The highest BCUT2D eigenvalue weighted by molar-refractivity contribution is 6.29. The van der Waals surface area contributed by atoms with Gasteiger partial charge in [0.15, 0.2) is 0 Å². The van der Waals surface area contributed by atoms with Gasteiger partial charge in [-0.25, -0.2) is 4.98 Å². The smallest absolute Gasteiger partial charge is 0.149 e. The molecule has 0 unspecified atom stereocenters. The van der Waals surface area contributed by atoms with E-state index in [9.17, 15) is 0 Å². The number of hydrogen-bond donors (Lipinski definition) is 1. The summed E-state index contributed by atoms with van der Waals surface area (Å²) in [6.07, 6.45) is 5.78. The van der Waals surface area contributed by atoms with Crippen molar-refractivity contribution >= 4 is 17.4 Å². The van der Waals surface area contributed by atoms with Gasteiger partial charge in [-0.3, -0.25) is 4.98 Å². The van der Waals surface area contributed by atoms with Crippen molar-refractivity contribution in [1.82, 2.24) is 15.3 Å². The Bertz CT molecular complexity index is 339. The van der Waals surface area contributed by atoms with Crippen LogP contribution in [0.3, 0.4) is 0 Å². The van der Waals surface area contributed by atoms with Crippen molar-refractivity contribution in [2.45, 2.75) is 12.8 Å². The third-order valence-electron chi connectivity index (χ3n) is 2.97. The Morgan fingerprint density at radius 2 is 2.19 bits per heavy atom. The standard InChI is InChI=1S/C11H17ClN4/c1-16(8-9-2-4-13-5-3-9)11-7-14-6-10(12)15-11/h6-7,9,13H,2-5,8H2,1H3. The Morgan fingerprint density at radius 1 is 1.44 bits per heavy atom. The fourth-order valence-electron chi connectivity index (χ4n) is 2.06. The first kappa shape index (κ1) is 11.6. The molecule has 0 saturated carbocycles. The van der Waals surface area contributed by atoms with Crippen molar-refractivity contribution in [2.24, 2.45) is 5.92 Å². The fraction of sp³-hybridized carbons (Fsp3) is 0.636. The first-order valence-electron chi connectivity index (χ1n) is 5.65. The van der Waals surface area contributed by atoms with E-state index in [-0.39, 0.29) is 0 Å². The Kier molecular flexibility index (Phi) is 3.96. The van der Waals surface area contributed by atoms with Gasteiger partial charge in [-0.15, -0.1) is 0 Å². The Hall–Kier alpha value is -0.870. The quantitative estimate of drug-likeness (QED) is 0.871. The van der Waals surface area contributed by atoms with Crippen LogP contribution in [0.25, 0.3) is 0 Å². The third-order valence-corrected chi connectivity index (χ3v) is 3.16. The van der Waals surface area contributed by atoms with Gasteiger partial charge in [0.25, 0.3) is 0 Å². The molecular weight excluding hydrogens is 224 g/mol. The van der Waals surface area contributed by atoms with Crippen LogP contribution in [0, 0.1) is 5.92 Å². The van der Waals surface area contributed by atoms with Crippen LogP contribution >= 0.6 is 11.6 Å². The lowest BCUT2D eigenvalue weighted by molar-refractivity contribution is 0.377. The molecule has 0 spiro atoms. The molecule has 0 atom stereocenters. The number of hydrogen-bond acceptors (Lipinski definition) is 4. The summed E-state index contributed by atoms with van der Waals surface area (Å²) in [5.74, 6) is 1.60. The number of anilines is 1. The number of piperidine rings is 1. The SMILES string of the molecule is CN(CC1CCNCC1)c1cncc(Cl)n1. The zero-order valence-corrected chi connectivity index (χ0v) is 10.2. The number of aromatic nitrogens is 2. The molecule has 1 aliphatic heterocycles. The molecule has 1 fully saturated rings. The Labute approximate surface area is 101 Å². The van der Waals surface area contributed by atoms with Gasteiger partial charge >= 0.3 is 0 Å². The van der Waals surface area contributed by atoms with E-state index in [0.717, 1.165) is 31.4 Å². The molecule has 2 rings (SSSR count). The van der Waals surface area contributed by atoms with Gasteiger partial charge in [-0.05, 0) is 31.8 Å². The van der Waals surface area contributed by atoms with E-state index in [1.807, 2.05) is 7.05 Å². The molecule has 0 radical (unpaired) electrons. The molecule has 1 aromatic rings. The summed E-state index contributed by atoms with van der Waals surface area (Å²) >= 11 is 5.82. The van der Waals surface area contributed by atoms with Crippen LogP contribution in [0.15, 0.2) is 12.4 Å². The molecule has 5 heteroatoms. The summed E-state index contributed by atoms with van der Waals surface area (Å²) in [5, 5.41) is 3.82. The van der Waals surface area contributed by atoms with Gasteiger partial charge in [-0.2, -0.15) is 0 Å². The second-order valence-corrected chi connectivity index (χ2v) is 4.66. The maximum Gasteiger partial charge on any atom is 0.149 e. The average Bonchev–Trinajstić information content (AvgIpc) is 2.30. The Morgan fingerprint density at radius 3 is 2.88 bits per heavy atom. The summed E-state index contributed by atoms with van der Waals surface area (Å²) in [4.78, 5) is 10.4. The molecule has 1 aliphatic rings. The van der Waals surface area contributed by atoms with E-state index in [1.165, 1.54) is 12.8 Å². The van der Waals surface area contributed by atoms with E-state index in [2.05, 4.69) is 20.2 Å². The van der Waals surface area contributed by atoms with Crippen LogP contribution in [0.1, 0.15) is 12.8 Å². The summed E-state index contributed by atoms with van der Waals surface area (Å²) in [5.41, 5.74) is 0. The highest BCUT2D eigenvalue weighted by Crippen LogP contribution is 2.17. The molecule has 88 valence electrons. The number of nitrogens with one attached hydrogen (secondary N) is 1. The van der Waals surface area contributed by atoms with Crippen molar-refractivity contribution in [3.63, 3.8) is 0 Å². The van der Waals surface area contributed by atoms with Crippen LogP contribution in [0.2, 0.25) is 5.15 Å². The molecular formula is C11H17ClN4. The molecule has 1 N–H and O–H groups in total. The minimum Gasteiger partial charge on any atom is -0.358 e. The van der Waals surface area contributed by atoms with E-state index < -0.39 is 0 Å². The molecule has 1 aromatic heterocycles. The largest absolute Gasteiger partial charge is 0.358 e. The molecule has 1 saturated heterocycles. The minimum absolute atomic E-state index is 0.453. The highest BCUT2D eigenvalue weighted by atomic mass is 35.5. The lowest BCUT2D eigenvalue weighted by Crippen LogP contribution is -2.34. The van der Waals surface area contributed by atoms with Crippen molar-refractivity contribution in [3.8, 4) is 0 Å². The zero-order chi connectivity index (χ0) is 11.4. The summed E-state index contributed by atoms with van der Waals surface area (Å²) in [6.45, 7) is 3.27. The van der Waals surface area contributed by atoms with Gasteiger partial charge in [-0.1, -0.05) is 11.6 Å². The van der Waals surface area contributed by atoms with Crippen LogP contribution in [0.4, 0.5) is 5.82 Å². The molecule has 16 heavy (non-hydrogen) atoms. The van der Waals surface area contributed by atoms with Crippen LogP contribution < -0.4 is 10.2 Å². The topological polar surface area (TPSA) is 41.0 Å². The first-order chi connectivity index (χ1) is 7.75. The summed E-state index contributed by atoms with van der Waals surface area (Å²) in [6, 6.07) is 0. The van der Waals surface area contributed by atoms with Gasteiger partial charge in [0, 0.05) is 13.6 Å². The molecule has 0 aromatic carbocycles. The molecule has 2 heterocycles. The average molecular weight is 241 g/mol. The number of nitrogens with zero attached hydrogens (tertiary/aromatic N) is 3. The monoisotopic (exact) mass is 240 g/mol. The van der Waals surface area contributed by atoms with Gasteiger partial charge in [0.05, 0.1) is 12.4 Å². The van der Waals surface area contributed by atoms with Crippen LogP contribution in [0.5, 0.6) is 0 Å². The molecule has 0 bridgehead atoms. The molecule has 0 amide bonds. The lowest BCUT2D eigenvalue weighted by atomic mass is 9.98. The molecule has 0 aliphatic carbocycles. The van der Waals surface area contributed by atoms with Crippen molar-refractivity contribution in [3.05, 3.63) is 17.5 Å². The minimum atomic E-state index is 0.453. The summed E-state index contributed by atoms with van der Waals surface area (Å²) < 4.78 is 0. The van der Waals surface area contributed by atoms with E-state index in [1.54, 1.807) is 12.4 Å². The number of halogens is 1. The van der Waals surface area contributed by atoms with E-state index >= 15 is 0 Å². The van der Waals surface area contributed by atoms with Crippen molar-refractivity contribution < 1.29 is 0 Å². The van der Waals surface area contributed by atoms with Crippen LogP contribution in [-0.4, -0.2) is 36.6 Å². The van der Waals surface area contributed by atoms with E-state index in [0.29, 0.717) is 5.15 Å². The third kappa shape index (κ3) is 3.06.